The van der Waals surface area contributed by atoms with E-state index in [1.165, 1.54) is 37.4 Å². The van der Waals surface area contributed by atoms with Gasteiger partial charge in [-0.1, -0.05) is 11.8 Å². The maximum Gasteiger partial charge on any atom is 0.166 e. The van der Waals surface area contributed by atoms with E-state index in [-0.39, 0.29) is 5.75 Å². The summed E-state index contributed by atoms with van der Waals surface area (Å²) in [4.78, 5) is 4.89. The van der Waals surface area contributed by atoms with E-state index < -0.39 is 5.82 Å². The van der Waals surface area contributed by atoms with Crippen LogP contribution in [-0.4, -0.2) is 66.5 Å². The van der Waals surface area contributed by atoms with Crippen molar-refractivity contribution in [1.29, 1.82) is 0 Å². The molecule has 0 aromatic heterocycles. The summed E-state index contributed by atoms with van der Waals surface area (Å²) in [5.41, 5.74) is 2.97. The van der Waals surface area contributed by atoms with E-state index in [1.54, 1.807) is 12.3 Å². The SMILES string of the molecule is Oc1c(F)cc(C#Cc2ccc(N3CCCC3)cc2)cc1/C=N/N1CCN(C2CC2)CC1. The number of phenolic OH excluding ortho intramolecular Hbond substituents is 1. The fourth-order valence-electron chi connectivity index (χ4n) is 4.44. The molecule has 1 saturated carbocycles. The first-order chi connectivity index (χ1) is 15.7. The van der Waals surface area contributed by atoms with Crippen molar-refractivity contribution >= 4 is 11.9 Å². The quantitative estimate of drug-likeness (QED) is 0.592. The molecule has 2 aliphatic heterocycles. The predicted molar refractivity (Wildman–Crippen MR) is 126 cm³/mol. The van der Waals surface area contributed by atoms with Gasteiger partial charge in [0, 0.05) is 67.7 Å². The van der Waals surface area contributed by atoms with Crippen LogP contribution in [0.25, 0.3) is 0 Å². The van der Waals surface area contributed by atoms with Crippen LogP contribution >= 0.6 is 0 Å². The maximum absolute atomic E-state index is 14.3. The van der Waals surface area contributed by atoms with Gasteiger partial charge in [-0.15, -0.1) is 0 Å². The van der Waals surface area contributed by atoms with Crippen LogP contribution < -0.4 is 4.90 Å². The molecule has 0 radical (unpaired) electrons. The smallest absolute Gasteiger partial charge is 0.166 e. The number of benzene rings is 2. The Morgan fingerprint density at radius 3 is 2.28 bits per heavy atom. The van der Waals surface area contributed by atoms with Crippen LogP contribution in [0.5, 0.6) is 5.75 Å². The lowest BCUT2D eigenvalue weighted by Crippen LogP contribution is -2.45. The third-order valence-electron chi connectivity index (χ3n) is 6.50. The van der Waals surface area contributed by atoms with Crippen molar-refractivity contribution in [2.24, 2.45) is 5.10 Å². The molecule has 0 bridgehead atoms. The van der Waals surface area contributed by atoms with Crippen LogP contribution in [0.2, 0.25) is 0 Å². The maximum atomic E-state index is 14.3. The Balaban J connectivity index is 1.26. The zero-order valence-electron chi connectivity index (χ0n) is 18.3. The summed E-state index contributed by atoms with van der Waals surface area (Å²) in [6.45, 7) is 5.93. The van der Waals surface area contributed by atoms with Crippen molar-refractivity contribution < 1.29 is 9.50 Å². The Morgan fingerprint density at radius 2 is 1.59 bits per heavy atom. The summed E-state index contributed by atoms with van der Waals surface area (Å²) < 4.78 is 14.3. The second kappa shape index (κ2) is 9.22. The van der Waals surface area contributed by atoms with Gasteiger partial charge in [-0.25, -0.2) is 4.39 Å². The standard InChI is InChI=1S/C26H29FN4O/c27-25-18-21(4-3-20-5-7-23(8-6-20)29-11-1-2-12-29)17-22(26(25)32)19-28-31-15-13-30(14-16-31)24-9-10-24/h5-8,17-19,24,32H,1-2,9-16H2/b28-19+. The van der Waals surface area contributed by atoms with Crippen LogP contribution in [0.1, 0.15) is 42.4 Å². The number of anilines is 1. The first-order valence-electron chi connectivity index (χ1n) is 11.6. The van der Waals surface area contributed by atoms with Crippen molar-refractivity contribution in [2.45, 2.75) is 31.7 Å². The lowest BCUT2D eigenvalue weighted by atomic mass is 10.1. The number of rotatable bonds is 4. The lowest BCUT2D eigenvalue weighted by molar-refractivity contribution is 0.130. The van der Waals surface area contributed by atoms with Gasteiger partial charge in [0.1, 0.15) is 0 Å². The second-order valence-electron chi connectivity index (χ2n) is 8.85. The average molecular weight is 433 g/mol. The summed E-state index contributed by atoms with van der Waals surface area (Å²) in [5, 5.41) is 16.6. The molecule has 32 heavy (non-hydrogen) atoms. The van der Waals surface area contributed by atoms with Gasteiger partial charge in [0.05, 0.1) is 6.21 Å². The fourth-order valence-corrected chi connectivity index (χ4v) is 4.44. The van der Waals surface area contributed by atoms with Crippen LogP contribution in [-0.2, 0) is 0 Å². The van der Waals surface area contributed by atoms with E-state index in [0.717, 1.165) is 50.9 Å². The van der Waals surface area contributed by atoms with E-state index >= 15 is 0 Å². The molecule has 2 heterocycles. The van der Waals surface area contributed by atoms with Gasteiger partial charge < -0.3 is 10.0 Å². The third kappa shape index (κ3) is 4.89. The minimum atomic E-state index is -0.679. The molecular formula is C26H29FN4O. The highest BCUT2D eigenvalue weighted by molar-refractivity contribution is 5.84. The highest BCUT2D eigenvalue weighted by Gasteiger charge is 2.30. The summed E-state index contributed by atoms with van der Waals surface area (Å²) >= 11 is 0. The van der Waals surface area contributed by atoms with Gasteiger partial charge in [-0.05, 0) is 62.1 Å². The number of phenols is 1. The van der Waals surface area contributed by atoms with E-state index in [9.17, 15) is 9.50 Å². The number of hydrogen-bond donors (Lipinski definition) is 1. The Labute approximate surface area is 189 Å². The minimum absolute atomic E-state index is 0.350. The zero-order valence-corrected chi connectivity index (χ0v) is 18.3. The normalized spacial score (nSPS) is 19.4. The van der Waals surface area contributed by atoms with Crippen molar-refractivity contribution in [1.82, 2.24) is 9.91 Å². The van der Waals surface area contributed by atoms with Crippen LogP contribution in [0.4, 0.5) is 10.1 Å². The topological polar surface area (TPSA) is 42.3 Å². The van der Waals surface area contributed by atoms with Crippen LogP contribution in [0.3, 0.4) is 0 Å². The van der Waals surface area contributed by atoms with Gasteiger partial charge in [0.25, 0.3) is 0 Å². The van der Waals surface area contributed by atoms with Gasteiger partial charge in [-0.3, -0.25) is 9.91 Å². The van der Waals surface area contributed by atoms with Crippen molar-refractivity contribution in [3.05, 3.63) is 58.9 Å². The van der Waals surface area contributed by atoms with Gasteiger partial charge in [0.15, 0.2) is 11.6 Å². The molecule has 0 amide bonds. The molecule has 5 nitrogen and oxygen atoms in total. The number of hydrazone groups is 1. The van der Waals surface area contributed by atoms with E-state index in [2.05, 4.69) is 38.9 Å². The van der Waals surface area contributed by atoms with Crippen LogP contribution in [0, 0.1) is 17.7 Å². The third-order valence-corrected chi connectivity index (χ3v) is 6.50. The summed E-state index contributed by atoms with van der Waals surface area (Å²) in [7, 11) is 0. The Kier molecular flexibility index (Phi) is 6.00. The summed E-state index contributed by atoms with van der Waals surface area (Å²) in [5.74, 6) is 5.06. The predicted octanol–water partition coefficient (Wildman–Crippen LogP) is 3.65. The summed E-state index contributed by atoms with van der Waals surface area (Å²) in [6, 6.07) is 11.9. The molecule has 0 atom stereocenters. The van der Waals surface area contributed by atoms with Crippen LogP contribution in [0.15, 0.2) is 41.5 Å². The zero-order chi connectivity index (χ0) is 21.9. The first-order valence-corrected chi connectivity index (χ1v) is 11.6. The molecular weight excluding hydrogens is 403 g/mol. The fraction of sp³-hybridized carbons (Fsp3) is 0.423. The molecule has 166 valence electrons. The second-order valence-corrected chi connectivity index (χ2v) is 8.85. The number of piperazine rings is 1. The number of hydrogen-bond acceptors (Lipinski definition) is 5. The lowest BCUT2D eigenvalue weighted by Gasteiger charge is -2.33. The van der Waals surface area contributed by atoms with E-state index in [4.69, 9.17) is 0 Å². The molecule has 1 N–H and O–H groups in total. The number of halogens is 1. The average Bonchev–Trinajstić information content (AvgIpc) is 3.53. The molecule has 2 aromatic rings. The Bertz CT molecular complexity index is 1040. The Hall–Kier alpha value is -3.04. The molecule has 2 saturated heterocycles. The molecule has 6 heteroatoms. The molecule has 2 aromatic carbocycles. The highest BCUT2D eigenvalue weighted by Crippen LogP contribution is 2.27. The molecule has 5 rings (SSSR count). The molecule has 3 aliphatic rings. The van der Waals surface area contributed by atoms with Crippen molar-refractivity contribution in [3.8, 4) is 17.6 Å². The van der Waals surface area contributed by atoms with Gasteiger partial charge >= 0.3 is 0 Å². The first kappa shape index (κ1) is 20.8. The minimum Gasteiger partial charge on any atom is -0.504 e. The van der Waals surface area contributed by atoms with E-state index in [1.807, 2.05) is 17.1 Å². The number of nitrogens with zero attached hydrogens (tertiary/aromatic N) is 4. The molecule has 3 fully saturated rings. The van der Waals surface area contributed by atoms with E-state index in [0.29, 0.717) is 11.1 Å². The molecule has 0 unspecified atom stereocenters. The van der Waals surface area contributed by atoms with Gasteiger partial charge in [-0.2, -0.15) is 5.10 Å². The highest BCUT2D eigenvalue weighted by atomic mass is 19.1. The molecule has 1 aliphatic carbocycles. The summed E-state index contributed by atoms with van der Waals surface area (Å²) in [6.07, 6.45) is 6.66. The monoisotopic (exact) mass is 432 g/mol. The van der Waals surface area contributed by atoms with Crippen molar-refractivity contribution in [3.63, 3.8) is 0 Å². The molecule has 0 spiro atoms. The van der Waals surface area contributed by atoms with Crippen molar-refractivity contribution in [2.75, 3.05) is 44.2 Å². The Morgan fingerprint density at radius 1 is 0.906 bits per heavy atom. The number of aromatic hydroxyl groups is 1. The van der Waals surface area contributed by atoms with Gasteiger partial charge in [0.2, 0.25) is 0 Å². The largest absolute Gasteiger partial charge is 0.504 e.